The molecule has 0 bridgehead atoms. The fourth-order valence-electron chi connectivity index (χ4n) is 5.19. The molecule has 166 valence electrons. The Morgan fingerprint density at radius 2 is 1.90 bits per heavy atom. The SMILES string of the molecule is CC.CCOC(=O)N1CCC2(CC(N3CCC(c4nc(Cl)c(Cl)n4C)CC3)C2)C1.[HH]. The van der Waals surface area contributed by atoms with Gasteiger partial charge in [-0.2, -0.15) is 0 Å². The van der Waals surface area contributed by atoms with Crippen molar-refractivity contribution in [1.82, 2.24) is 19.4 Å². The van der Waals surface area contributed by atoms with Crippen LogP contribution in [-0.4, -0.2) is 64.3 Å². The Morgan fingerprint density at radius 1 is 1.24 bits per heavy atom. The molecule has 0 N–H and O–H groups in total. The first kappa shape index (κ1) is 22.7. The molecule has 0 radical (unpaired) electrons. The molecule has 0 unspecified atom stereocenters. The molecule has 1 saturated carbocycles. The minimum Gasteiger partial charge on any atom is -0.450 e. The number of likely N-dealkylation sites (tertiary alicyclic amines) is 2. The van der Waals surface area contributed by atoms with Crippen LogP contribution in [-0.2, 0) is 11.8 Å². The van der Waals surface area contributed by atoms with Gasteiger partial charge in [-0.3, -0.25) is 0 Å². The van der Waals surface area contributed by atoms with Crippen molar-refractivity contribution in [1.29, 1.82) is 0 Å². The van der Waals surface area contributed by atoms with Crippen molar-refractivity contribution in [3.8, 4) is 0 Å². The lowest BCUT2D eigenvalue weighted by molar-refractivity contribution is -0.00517. The van der Waals surface area contributed by atoms with Gasteiger partial charge < -0.3 is 19.1 Å². The Hall–Kier alpha value is -0.980. The van der Waals surface area contributed by atoms with E-state index in [2.05, 4.69) is 9.88 Å². The van der Waals surface area contributed by atoms with Crippen molar-refractivity contribution in [3.05, 3.63) is 16.1 Å². The summed E-state index contributed by atoms with van der Waals surface area (Å²) in [6.45, 7) is 10.2. The topological polar surface area (TPSA) is 50.6 Å². The van der Waals surface area contributed by atoms with Crippen molar-refractivity contribution in [3.63, 3.8) is 0 Å². The average molecular weight is 447 g/mol. The molecule has 1 amide bonds. The highest BCUT2D eigenvalue weighted by Gasteiger charge is 2.51. The Balaban J connectivity index is 0.00000104. The third-order valence-electron chi connectivity index (χ3n) is 6.73. The molecule has 8 heteroatoms. The van der Waals surface area contributed by atoms with Crippen LogP contribution in [0.15, 0.2) is 0 Å². The van der Waals surface area contributed by atoms with Crippen LogP contribution in [0.3, 0.4) is 0 Å². The van der Waals surface area contributed by atoms with E-state index in [1.807, 2.05) is 37.3 Å². The van der Waals surface area contributed by atoms with Crippen molar-refractivity contribution >= 4 is 29.3 Å². The number of imidazole rings is 1. The lowest BCUT2D eigenvalue weighted by Gasteiger charge is -2.51. The van der Waals surface area contributed by atoms with Crippen LogP contribution < -0.4 is 0 Å². The Morgan fingerprint density at radius 3 is 2.45 bits per heavy atom. The van der Waals surface area contributed by atoms with E-state index in [-0.39, 0.29) is 7.52 Å². The summed E-state index contributed by atoms with van der Waals surface area (Å²) >= 11 is 12.2. The summed E-state index contributed by atoms with van der Waals surface area (Å²) in [6.07, 6.45) is 5.56. The molecule has 1 spiro atoms. The highest BCUT2D eigenvalue weighted by molar-refractivity contribution is 6.40. The van der Waals surface area contributed by atoms with Gasteiger partial charge in [0.1, 0.15) is 11.0 Å². The quantitative estimate of drug-likeness (QED) is 0.640. The number of nitrogens with zero attached hydrogens (tertiary/aromatic N) is 4. The van der Waals surface area contributed by atoms with Gasteiger partial charge in [-0.15, -0.1) is 0 Å². The lowest BCUT2D eigenvalue weighted by Crippen LogP contribution is -2.54. The molecule has 1 aromatic heterocycles. The van der Waals surface area contributed by atoms with Crippen molar-refractivity contribution in [2.75, 3.05) is 32.8 Å². The summed E-state index contributed by atoms with van der Waals surface area (Å²) in [4.78, 5) is 20.9. The number of amides is 1. The number of rotatable bonds is 3. The number of carbonyl (C=O) groups excluding carboxylic acids is 1. The summed E-state index contributed by atoms with van der Waals surface area (Å²) in [5, 5.41) is 0.937. The highest BCUT2D eigenvalue weighted by Crippen LogP contribution is 2.51. The molecule has 29 heavy (non-hydrogen) atoms. The summed E-state index contributed by atoms with van der Waals surface area (Å²) in [5.74, 6) is 1.44. The first-order chi connectivity index (χ1) is 13.9. The van der Waals surface area contributed by atoms with Gasteiger partial charge in [0, 0.05) is 33.5 Å². The van der Waals surface area contributed by atoms with Crippen molar-refractivity contribution in [2.24, 2.45) is 12.5 Å². The van der Waals surface area contributed by atoms with Crippen LogP contribution in [0, 0.1) is 5.41 Å². The summed E-state index contributed by atoms with van der Waals surface area (Å²) in [6, 6.07) is 0.654. The first-order valence-corrected chi connectivity index (χ1v) is 11.7. The van der Waals surface area contributed by atoms with E-state index in [1.54, 1.807) is 0 Å². The first-order valence-electron chi connectivity index (χ1n) is 11.0. The molecule has 1 aromatic rings. The van der Waals surface area contributed by atoms with Crippen molar-refractivity contribution < 1.29 is 11.0 Å². The summed E-state index contributed by atoms with van der Waals surface area (Å²) in [5.41, 5.74) is 0.328. The maximum absolute atomic E-state index is 11.9. The molecule has 2 aliphatic heterocycles. The Labute approximate surface area is 186 Å². The lowest BCUT2D eigenvalue weighted by atomic mass is 9.64. The molecule has 0 atom stereocenters. The van der Waals surface area contributed by atoms with E-state index in [0.717, 1.165) is 51.3 Å². The third kappa shape index (κ3) is 4.54. The largest absolute Gasteiger partial charge is 0.450 e. The molecule has 1 aliphatic carbocycles. The predicted octanol–water partition coefficient (Wildman–Crippen LogP) is 5.19. The summed E-state index contributed by atoms with van der Waals surface area (Å²) < 4.78 is 7.08. The smallest absolute Gasteiger partial charge is 0.409 e. The second-order valence-corrected chi connectivity index (χ2v) is 9.07. The van der Waals surface area contributed by atoms with Crippen LogP contribution in [0.5, 0.6) is 0 Å². The number of hydrogen-bond acceptors (Lipinski definition) is 4. The van der Waals surface area contributed by atoms with Crippen LogP contribution in [0.4, 0.5) is 4.79 Å². The van der Waals surface area contributed by atoms with E-state index in [9.17, 15) is 4.79 Å². The highest BCUT2D eigenvalue weighted by atomic mass is 35.5. The van der Waals surface area contributed by atoms with E-state index in [4.69, 9.17) is 27.9 Å². The normalized spacial score (nSPS) is 27.5. The van der Waals surface area contributed by atoms with E-state index in [1.165, 1.54) is 12.8 Å². The van der Waals surface area contributed by atoms with Gasteiger partial charge in [0.05, 0.1) is 6.61 Å². The van der Waals surface area contributed by atoms with E-state index < -0.39 is 0 Å². The molecule has 0 aromatic carbocycles. The number of hydrogen-bond donors (Lipinski definition) is 0. The Kier molecular flexibility index (Phi) is 7.39. The van der Waals surface area contributed by atoms with Gasteiger partial charge in [0.2, 0.25) is 0 Å². The number of carbonyl (C=O) groups is 1. The molecule has 3 heterocycles. The second-order valence-electron chi connectivity index (χ2n) is 8.35. The van der Waals surface area contributed by atoms with E-state index >= 15 is 0 Å². The van der Waals surface area contributed by atoms with Gasteiger partial charge in [-0.25, -0.2) is 9.78 Å². The van der Waals surface area contributed by atoms with Crippen LogP contribution in [0.2, 0.25) is 10.3 Å². The predicted molar refractivity (Wildman–Crippen MR) is 119 cm³/mol. The number of halogens is 2. The maximum atomic E-state index is 11.9. The second kappa shape index (κ2) is 9.44. The standard InChI is InChI=1S/C19H28Cl2N4O2.C2H6.H2/c1-3-27-18(26)25-9-6-19(12-25)10-14(11-19)24-7-4-13(5-8-24)17-22-15(20)16(21)23(17)2;1-2;/h13-14H,3-12H2,1-2H3;1-2H3;1H. The molecule has 3 fully saturated rings. The zero-order chi connectivity index (χ0) is 21.2. The minimum atomic E-state index is -0.147. The van der Waals surface area contributed by atoms with Crippen LogP contribution >= 0.6 is 23.2 Å². The average Bonchev–Trinajstić information content (AvgIpc) is 3.27. The van der Waals surface area contributed by atoms with Crippen LogP contribution in [0.1, 0.15) is 66.0 Å². The van der Waals surface area contributed by atoms with Gasteiger partial charge in [-0.1, -0.05) is 37.0 Å². The Bertz CT molecular complexity index is 716. The van der Waals surface area contributed by atoms with Gasteiger partial charge in [0.25, 0.3) is 0 Å². The molecule has 2 saturated heterocycles. The van der Waals surface area contributed by atoms with Crippen molar-refractivity contribution in [2.45, 2.75) is 64.8 Å². The number of piperidine rings is 1. The fourth-order valence-corrected chi connectivity index (χ4v) is 5.53. The third-order valence-corrected chi connectivity index (χ3v) is 7.53. The summed E-state index contributed by atoms with van der Waals surface area (Å²) in [7, 11) is 1.94. The zero-order valence-corrected chi connectivity index (χ0v) is 19.6. The number of ether oxygens (including phenoxy) is 1. The molecular formula is C21H36Cl2N4O2. The molecule has 4 rings (SSSR count). The van der Waals surface area contributed by atoms with Gasteiger partial charge in [-0.05, 0) is 57.5 Å². The molecule has 6 nitrogen and oxygen atoms in total. The molecular weight excluding hydrogens is 411 g/mol. The number of aromatic nitrogens is 2. The molecule has 3 aliphatic rings. The van der Waals surface area contributed by atoms with Gasteiger partial charge >= 0.3 is 6.09 Å². The fraction of sp³-hybridized carbons (Fsp3) is 0.810. The minimum absolute atomic E-state index is 0. The van der Waals surface area contributed by atoms with Crippen LogP contribution in [0.25, 0.3) is 0 Å². The van der Waals surface area contributed by atoms with E-state index in [0.29, 0.717) is 34.3 Å². The zero-order valence-electron chi connectivity index (χ0n) is 18.1. The monoisotopic (exact) mass is 446 g/mol. The van der Waals surface area contributed by atoms with Gasteiger partial charge in [0.15, 0.2) is 5.15 Å². The maximum Gasteiger partial charge on any atom is 0.409 e.